The van der Waals surface area contributed by atoms with E-state index >= 15 is 0 Å². The number of ketones is 1. The number of hydrogen-bond donors (Lipinski definition) is 0. The lowest BCUT2D eigenvalue weighted by molar-refractivity contribution is -0.144. The molecule has 0 aromatic rings. The van der Waals surface area contributed by atoms with Crippen LogP contribution in [0.4, 0.5) is 0 Å². The van der Waals surface area contributed by atoms with Crippen LogP contribution in [0.5, 0.6) is 0 Å². The van der Waals surface area contributed by atoms with Crippen molar-refractivity contribution in [1.29, 1.82) is 0 Å². The van der Waals surface area contributed by atoms with Crippen LogP contribution in [-0.2, 0) is 14.3 Å². The fourth-order valence-corrected chi connectivity index (χ4v) is 2.33. The molecule has 19 heavy (non-hydrogen) atoms. The lowest BCUT2D eigenvalue weighted by Crippen LogP contribution is -2.20. The van der Waals surface area contributed by atoms with Gasteiger partial charge in [-0.25, -0.2) is 0 Å². The number of unbranched alkanes of at least 4 members (excludes halogenated alkanes) is 7. The minimum atomic E-state index is -0.398. The maximum atomic E-state index is 11.5. The molecular weight excluding hydrogens is 240 g/mol. The number of hydrogen-bond acceptors (Lipinski definition) is 3. The van der Waals surface area contributed by atoms with E-state index in [1.807, 2.05) is 0 Å². The predicted octanol–water partition coefficient (Wildman–Crippen LogP) is 4.31. The van der Waals surface area contributed by atoms with Crippen molar-refractivity contribution < 1.29 is 14.3 Å². The van der Waals surface area contributed by atoms with E-state index in [2.05, 4.69) is 6.92 Å². The van der Waals surface area contributed by atoms with Crippen molar-refractivity contribution in [3.63, 3.8) is 0 Å². The van der Waals surface area contributed by atoms with E-state index < -0.39 is 5.97 Å². The van der Waals surface area contributed by atoms with Crippen LogP contribution in [0.25, 0.3) is 0 Å². The summed E-state index contributed by atoms with van der Waals surface area (Å²) in [4.78, 5) is 22.7. The predicted molar refractivity (Wildman–Crippen MR) is 75.6 cm³/mol. The Bertz CT molecular complexity index is 342. The van der Waals surface area contributed by atoms with E-state index in [1.54, 1.807) is 6.92 Å². The van der Waals surface area contributed by atoms with Crippen molar-refractivity contribution in [2.45, 2.75) is 78.1 Å². The molecule has 3 nitrogen and oxygen atoms in total. The van der Waals surface area contributed by atoms with Crippen molar-refractivity contribution >= 4 is 11.8 Å². The number of carbonyl (C=O) groups is 2. The van der Waals surface area contributed by atoms with E-state index in [0.29, 0.717) is 11.3 Å². The van der Waals surface area contributed by atoms with Gasteiger partial charge in [0.25, 0.3) is 0 Å². The summed E-state index contributed by atoms with van der Waals surface area (Å²) >= 11 is 0. The quantitative estimate of drug-likeness (QED) is 0.355. The Morgan fingerprint density at radius 3 is 2.16 bits per heavy atom. The molecule has 1 aliphatic heterocycles. The molecule has 108 valence electrons. The van der Waals surface area contributed by atoms with Crippen molar-refractivity contribution in [3.8, 4) is 0 Å². The summed E-state index contributed by atoms with van der Waals surface area (Å²) in [6.45, 7) is 3.98. The lowest BCUT2D eigenvalue weighted by atomic mass is 10.0. The van der Waals surface area contributed by atoms with Crippen LogP contribution in [0, 0.1) is 0 Å². The Kier molecular flexibility index (Phi) is 7.46. The zero-order chi connectivity index (χ0) is 14.1. The smallest absolute Gasteiger partial charge is 0.318 e. The topological polar surface area (TPSA) is 43.4 Å². The van der Waals surface area contributed by atoms with Crippen molar-refractivity contribution in [2.75, 3.05) is 0 Å². The summed E-state index contributed by atoms with van der Waals surface area (Å²) < 4.78 is 5.15. The average Bonchev–Trinajstić information content (AvgIpc) is 2.38. The van der Waals surface area contributed by atoms with E-state index in [0.717, 1.165) is 19.3 Å². The molecule has 0 saturated heterocycles. The Morgan fingerprint density at radius 1 is 0.947 bits per heavy atom. The summed E-state index contributed by atoms with van der Waals surface area (Å²) in [5.74, 6) is 0.128. The molecule has 0 unspecified atom stereocenters. The van der Waals surface area contributed by atoms with Crippen molar-refractivity contribution in [3.05, 3.63) is 11.3 Å². The number of allylic oxidation sites excluding steroid dienone is 2. The molecule has 0 fully saturated rings. The summed E-state index contributed by atoms with van der Waals surface area (Å²) in [5, 5.41) is 0. The lowest BCUT2D eigenvalue weighted by Gasteiger charge is -2.16. The van der Waals surface area contributed by atoms with Gasteiger partial charge in [0.2, 0.25) is 0 Å². The van der Waals surface area contributed by atoms with Gasteiger partial charge in [0, 0.05) is 12.0 Å². The third-order valence-corrected chi connectivity index (χ3v) is 3.64. The Labute approximate surface area is 116 Å². The first-order valence-electron chi connectivity index (χ1n) is 7.58. The molecule has 3 heteroatoms. The van der Waals surface area contributed by atoms with Crippen LogP contribution in [-0.4, -0.2) is 11.8 Å². The van der Waals surface area contributed by atoms with Crippen LogP contribution in [0.15, 0.2) is 11.3 Å². The second-order valence-corrected chi connectivity index (χ2v) is 5.35. The number of cyclic esters (lactones) is 1. The Hall–Kier alpha value is -1.12. The molecular formula is C16H26O3. The van der Waals surface area contributed by atoms with Crippen LogP contribution in [0.1, 0.15) is 78.1 Å². The fourth-order valence-electron chi connectivity index (χ4n) is 2.33. The number of ether oxygens (including phenoxy) is 1. The van der Waals surface area contributed by atoms with E-state index in [9.17, 15) is 9.59 Å². The standard InChI is InChI=1S/C16H26O3/c1-3-4-5-6-7-8-9-10-11-15-13(2)14(17)12-16(18)19-15/h3-12H2,1-2H3. The highest BCUT2D eigenvalue weighted by Crippen LogP contribution is 2.22. The van der Waals surface area contributed by atoms with E-state index in [-0.39, 0.29) is 12.2 Å². The zero-order valence-corrected chi connectivity index (χ0v) is 12.3. The monoisotopic (exact) mass is 266 g/mol. The number of carbonyl (C=O) groups excluding carboxylic acids is 2. The third kappa shape index (κ3) is 6.04. The maximum Gasteiger partial charge on any atom is 0.318 e. The highest BCUT2D eigenvalue weighted by molar-refractivity contribution is 6.07. The molecule has 0 bridgehead atoms. The van der Waals surface area contributed by atoms with Gasteiger partial charge >= 0.3 is 5.97 Å². The zero-order valence-electron chi connectivity index (χ0n) is 12.3. The molecule has 0 aromatic carbocycles. The summed E-state index contributed by atoms with van der Waals surface area (Å²) in [7, 11) is 0. The van der Waals surface area contributed by atoms with Gasteiger partial charge in [-0.2, -0.15) is 0 Å². The molecule has 0 aromatic heterocycles. The van der Waals surface area contributed by atoms with Gasteiger partial charge in [-0.05, 0) is 13.3 Å². The van der Waals surface area contributed by atoms with Gasteiger partial charge in [0.05, 0.1) is 0 Å². The number of rotatable bonds is 9. The number of esters is 1. The van der Waals surface area contributed by atoms with Crippen LogP contribution >= 0.6 is 0 Å². The van der Waals surface area contributed by atoms with Gasteiger partial charge in [0.1, 0.15) is 12.2 Å². The largest absolute Gasteiger partial charge is 0.430 e. The average molecular weight is 266 g/mol. The molecule has 0 radical (unpaired) electrons. The SMILES string of the molecule is CCCCCCCCCCC1=C(C)C(=O)CC(=O)O1. The van der Waals surface area contributed by atoms with E-state index in [4.69, 9.17) is 4.74 Å². The van der Waals surface area contributed by atoms with Gasteiger partial charge in [0.15, 0.2) is 5.78 Å². The molecule has 0 aliphatic carbocycles. The van der Waals surface area contributed by atoms with Crippen LogP contribution < -0.4 is 0 Å². The van der Waals surface area contributed by atoms with Crippen LogP contribution in [0.3, 0.4) is 0 Å². The first-order valence-corrected chi connectivity index (χ1v) is 7.58. The van der Waals surface area contributed by atoms with Crippen LogP contribution in [0.2, 0.25) is 0 Å². The minimum absolute atomic E-state index is 0.0779. The first-order chi connectivity index (χ1) is 9.15. The molecule has 0 spiro atoms. The van der Waals surface area contributed by atoms with Crippen molar-refractivity contribution in [2.24, 2.45) is 0 Å². The Morgan fingerprint density at radius 2 is 1.53 bits per heavy atom. The molecule has 1 aliphatic rings. The van der Waals surface area contributed by atoms with Gasteiger partial charge in [-0.15, -0.1) is 0 Å². The van der Waals surface area contributed by atoms with Gasteiger partial charge in [-0.1, -0.05) is 51.9 Å². The van der Waals surface area contributed by atoms with Gasteiger partial charge in [-0.3, -0.25) is 9.59 Å². The molecule has 0 saturated carbocycles. The minimum Gasteiger partial charge on any atom is -0.430 e. The fraction of sp³-hybridized carbons (Fsp3) is 0.750. The summed E-state index contributed by atoms with van der Waals surface area (Å²) in [6, 6.07) is 0. The highest BCUT2D eigenvalue weighted by Gasteiger charge is 2.23. The molecule has 1 heterocycles. The molecule has 0 amide bonds. The third-order valence-electron chi connectivity index (χ3n) is 3.64. The van der Waals surface area contributed by atoms with Crippen molar-refractivity contribution in [1.82, 2.24) is 0 Å². The second-order valence-electron chi connectivity index (χ2n) is 5.35. The Balaban J connectivity index is 2.13. The number of Topliss-reactive ketones (excluding diaryl/α,β-unsaturated/α-hetero) is 1. The highest BCUT2D eigenvalue weighted by atomic mass is 16.5. The van der Waals surface area contributed by atoms with Gasteiger partial charge < -0.3 is 4.74 Å². The summed E-state index contributed by atoms with van der Waals surface area (Å²) in [5.41, 5.74) is 0.641. The maximum absolute atomic E-state index is 11.5. The molecule has 1 rings (SSSR count). The first kappa shape index (κ1) is 15.9. The normalized spacial score (nSPS) is 15.9. The molecule has 0 atom stereocenters. The van der Waals surface area contributed by atoms with E-state index in [1.165, 1.54) is 38.5 Å². The summed E-state index contributed by atoms with van der Waals surface area (Å²) in [6.07, 6.45) is 10.6. The second kappa shape index (κ2) is 8.89. The molecule has 0 N–H and O–H groups in total.